The van der Waals surface area contributed by atoms with Gasteiger partial charge in [0.1, 0.15) is 0 Å². The summed E-state index contributed by atoms with van der Waals surface area (Å²) in [5, 5.41) is 7.38. The van der Waals surface area contributed by atoms with E-state index in [4.69, 9.17) is 0 Å². The van der Waals surface area contributed by atoms with E-state index in [-0.39, 0.29) is 17.4 Å². The molecule has 0 bridgehead atoms. The molecule has 3 amide bonds. The lowest BCUT2D eigenvalue weighted by Gasteiger charge is -2.32. The fraction of sp³-hybridized carbons (Fsp3) is 0.364. The van der Waals surface area contributed by atoms with Gasteiger partial charge in [-0.3, -0.25) is 9.69 Å². The molecule has 166 valence electrons. The summed E-state index contributed by atoms with van der Waals surface area (Å²) in [7, 11) is 0. The van der Waals surface area contributed by atoms with Gasteiger partial charge in [0.25, 0.3) is 0 Å². The van der Waals surface area contributed by atoms with E-state index in [2.05, 4.69) is 33.0 Å². The van der Waals surface area contributed by atoms with E-state index in [9.17, 15) is 22.8 Å². The number of alkyl halides is 3. The Morgan fingerprint density at radius 3 is 2.32 bits per heavy atom. The molecule has 1 aliphatic heterocycles. The quantitative estimate of drug-likeness (QED) is 0.651. The number of rotatable bonds is 5. The van der Waals surface area contributed by atoms with E-state index in [0.717, 1.165) is 31.8 Å². The SMILES string of the molecule is CC(=O)Nc1ccc(NC(=O)NC2CCN(Cc3ccccc3)CC2)c(C(F)(F)F)c1. The van der Waals surface area contributed by atoms with Gasteiger partial charge in [-0.2, -0.15) is 13.2 Å². The van der Waals surface area contributed by atoms with Crippen LogP contribution in [0.25, 0.3) is 0 Å². The molecule has 1 heterocycles. The lowest BCUT2D eigenvalue weighted by atomic mass is 10.0. The predicted octanol–water partition coefficient (Wildman–Crippen LogP) is 4.45. The Balaban J connectivity index is 1.55. The van der Waals surface area contributed by atoms with Gasteiger partial charge in [-0.05, 0) is 36.6 Å². The van der Waals surface area contributed by atoms with Crippen molar-refractivity contribution in [1.29, 1.82) is 0 Å². The minimum absolute atomic E-state index is 0.0107. The largest absolute Gasteiger partial charge is 0.418 e. The first-order valence-corrected chi connectivity index (χ1v) is 10.0. The van der Waals surface area contributed by atoms with E-state index in [1.807, 2.05) is 18.2 Å². The summed E-state index contributed by atoms with van der Waals surface area (Å²) in [6, 6.07) is 12.5. The summed E-state index contributed by atoms with van der Waals surface area (Å²) in [5.41, 5.74) is -0.155. The molecule has 0 unspecified atom stereocenters. The van der Waals surface area contributed by atoms with Gasteiger partial charge >= 0.3 is 12.2 Å². The highest BCUT2D eigenvalue weighted by atomic mass is 19.4. The normalized spacial score (nSPS) is 15.4. The van der Waals surface area contributed by atoms with E-state index >= 15 is 0 Å². The summed E-state index contributed by atoms with van der Waals surface area (Å²) < 4.78 is 40.2. The van der Waals surface area contributed by atoms with Crippen LogP contribution in [0.5, 0.6) is 0 Å². The number of hydrogen-bond acceptors (Lipinski definition) is 3. The number of nitrogens with one attached hydrogen (secondary N) is 3. The van der Waals surface area contributed by atoms with Gasteiger partial charge < -0.3 is 16.0 Å². The lowest BCUT2D eigenvalue weighted by molar-refractivity contribution is -0.137. The number of carbonyl (C=O) groups excluding carboxylic acids is 2. The highest BCUT2D eigenvalue weighted by Crippen LogP contribution is 2.36. The van der Waals surface area contributed by atoms with Gasteiger partial charge in [0, 0.05) is 38.3 Å². The van der Waals surface area contributed by atoms with Gasteiger partial charge in [0.2, 0.25) is 5.91 Å². The second-order valence-corrected chi connectivity index (χ2v) is 7.57. The highest BCUT2D eigenvalue weighted by molar-refractivity contribution is 5.92. The van der Waals surface area contributed by atoms with Crippen molar-refractivity contribution in [2.75, 3.05) is 23.7 Å². The molecule has 0 radical (unpaired) electrons. The average Bonchev–Trinajstić information content (AvgIpc) is 2.70. The highest BCUT2D eigenvalue weighted by Gasteiger charge is 2.34. The van der Waals surface area contributed by atoms with Crippen LogP contribution >= 0.6 is 0 Å². The van der Waals surface area contributed by atoms with Gasteiger partial charge in [-0.1, -0.05) is 30.3 Å². The molecule has 2 aromatic rings. The van der Waals surface area contributed by atoms with Crippen molar-refractivity contribution in [3.05, 3.63) is 59.7 Å². The second kappa shape index (κ2) is 9.82. The number of likely N-dealkylation sites (tertiary alicyclic amines) is 1. The average molecular weight is 434 g/mol. The number of hydrogen-bond donors (Lipinski definition) is 3. The number of piperidine rings is 1. The van der Waals surface area contributed by atoms with Gasteiger partial charge in [0.15, 0.2) is 0 Å². The molecule has 0 aromatic heterocycles. The number of halogens is 3. The Kier molecular flexibility index (Phi) is 7.17. The van der Waals surface area contributed by atoms with Crippen molar-refractivity contribution in [1.82, 2.24) is 10.2 Å². The Bertz CT molecular complexity index is 911. The monoisotopic (exact) mass is 434 g/mol. The third-order valence-corrected chi connectivity index (χ3v) is 5.07. The van der Waals surface area contributed by atoms with Gasteiger partial charge in [-0.15, -0.1) is 0 Å². The molecule has 9 heteroatoms. The molecule has 1 fully saturated rings. The third kappa shape index (κ3) is 6.71. The van der Waals surface area contributed by atoms with Crippen LogP contribution in [-0.2, 0) is 17.5 Å². The molecule has 1 saturated heterocycles. The van der Waals surface area contributed by atoms with Crippen LogP contribution in [0.3, 0.4) is 0 Å². The summed E-state index contributed by atoms with van der Waals surface area (Å²) in [4.78, 5) is 25.7. The number of benzene rings is 2. The maximum Gasteiger partial charge on any atom is 0.418 e. The smallest absolute Gasteiger partial charge is 0.335 e. The molecule has 31 heavy (non-hydrogen) atoms. The Morgan fingerprint density at radius 1 is 1.03 bits per heavy atom. The first kappa shape index (κ1) is 22.6. The van der Waals surface area contributed by atoms with Crippen molar-refractivity contribution in [3.63, 3.8) is 0 Å². The molecule has 3 N–H and O–H groups in total. The van der Waals surface area contributed by atoms with E-state index in [1.165, 1.54) is 18.6 Å². The number of amides is 3. The standard InChI is InChI=1S/C22H25F3N4O2/c1-15(30)26-18-7-8-20(19(13-18)22(23,24)25)28-21(31)27-17-9-11-29(12-10-17)14-16-5-3-2-4-6-16/h2-8,13,17H,9-12,14H2,1H3,(H,26,30)(H2,27,28,31). The zero-order valence-electron chi connectivity index (χ0n) is 17.1. The number of nitrogens with zero attached hydrogens (tertiary/aromatic N) is 1. The maximum absolute atomic E-state index is 13.4. The number of anilines is 2. The fourth-order valence-corrected chi connectivity index (χ4v) is 3.59. The van der Waals surface area contributed by atoms with Crippen molar-refractivity contribution in [2.45, 2.75) is 38.5 Å². The van der Waals surface area contributed by atoms with Crippen LogP contribution in [-0.4, -0.2) is 36.0 Å². The van der Waals surface area contributed by atoms with E-state index in [0.29, 0.717) is 12.8 Å². The topological polar surface area (TPSA) is 73.5 Å². The fourth-order valence-electron chi connectivity index (χ4n) is 3.59. The number of urea groups is 1. The predicted molar refractivity (Wildman–Crippen MR) is 113 cm³/mol. The van der Waals surface area contributed by atoms with Crippen molar-refractivity contribution < 1.29 is 22.8 Å². The van der Waals surface area contributed by atoms with Crippen molar-refractivity contribution >= 4 is 23.3 Å². The minimum atomic E-state index is -4.68. The molecule has 1 aliphatic rings. The van der Waals surface area contributed by atoms with Gasteiger partial charge in [-0.25, -0.2) is 4.79 Å². The van der Waals surface area contributed by atoms with E-state index < -0.39 is 23.7 Å². The first-order valence-electron chi connectivity index (χ1n) is 10.0. The zero-order chi connectivity index (χ0) is 22.4. The summed E-state index contributed by atoms with van der Waals surface area (Å²) in [6.07, 6.45) is -3.25. The van der Waals surface area contributed by atoms with Crippen LogP contribution in [0, 0.1) is 0 Å². The first-order chi connectivity index (χ1) is 14.7. The third-order valence-electron chi connectivity index (χ3n) is 5.07. The number of carbonyl (C=O) groups is 2. The second-order valence-electron chi connectivity index (χ2n) is 7.57. The van der Waals surface area contributed by atoms with Crippen molar-refractivity contribution in [3.8, 4) is 0 Å². The van der Waals surface area contributed by atoms with Crippen LogP contribution < -0.4 is 16.0 Å². The Hall–Kier alpha value is -3.07. The lowest BCUT2D eigenvalue weighted by Crippen LogP contribution is -2.45. The summed E-state index contributed by atoms with van der Waals surface area (Å²) in [5.74, 6) is -0.481. The molecular weight excluding hydrogens is 409 g/mol. The molecule has 0 atom stereocenters. The zero-order valence-corrected chi connectivity index (χ0v) is 17.1. The van der Waals surface area contributed by atoms with Crippen LogP contribution in [0.1, 0.15) is 30.9 Å². The molecular formula is C22H25F3N4O2. The maximum atomic E-state index is 13.4. The van der Waals surface area contributed by atoms with Crippen LogP contribution in [0.2, 0.25) is 0 Å². The Morgan fingerprint density at radius 2 is 1.71 bits per heavy atom. The molecule has 0 aliphatic carbocycles. The summed E-state index contributed by atoms with van der Waals surface area (Å²) in [6.45, 7) is 3.62. The molecule has 6 nitrogen and oxygen atoms in total. The Labute approximate surface area is 178 Å². The van der Waals surface area contributed by atoms with Crippen molar-refractivity contribution in [2.24, 2.45) is 0 Å². The van der Waals surface area contributed by atoms with E-state index in [1.54, 1.807) is 0 Å². The molecule has 0 spiro atoms. The molecule has 0 saturated carbocycles. The minimum Gasteiger partial charge on any atom is -0.335 e. The van der Waals surface area contributed by atoms with Crippen LogP contribution in [0.4, 0.5) is 29.3 Å². The summed E-state index contributed by atoms with van der Waals surface area (Å²) >= 11 is 0. The van der Waals surface area contributed by atoms with Crippen LogP contribution in [0.15, 0.2) is 48.5 Å². The molecule has 3 rings (SSSR count). The molecule has 2 aromatic carbocycles. The van der Waals surface area contributed by atoms with Gasteiger partial charge in [0.05, 0.1) is 11.3 Å².